The summed E-state index contributed by atoms with van der Waals surface area (Å²) in [5.74, 6) is 0. The number of likely N-dealkylation sites (tertiary alicyclic amines) is 1. The summed E-state index contributed by atoms with van der Waals surface area (Å²) in [4.78, 5) is 6.96. The third kappa shape index (κ3) is 2.14. The molecular formula is C12H19N3S. The molecule has 0 unspecified atom stereocenters. The molecule has 2 fully saturated rings. The summed E-state index contributed by atoms with van der Waals surface area (Å²) in [6.45, 7) is 6.03. The van der Waals surface area contributed by atoms with E-state index in [0.717, 1.165) is 6.54 Å². The Morgan fingerprint density at radius 2 is 2.25 bits per heavy atom. The maximum atomic E-state index is 4.38. The predicted molar refractivity (Wildman–Crippen MR) is 66.5 cm³/mol. The molecular weight excluding hydrogens is 218 g/mol. The fourth-order valence-electron chi connectivity index (χ4n) is 3.07. The standard InChI is InChI=1S/C12H19N3S/c1-4-13-5-2-12(1)3-6-15(9-12)7-11-8-16-10-14-11/h8,10,13H,1-7,9H2. The van der Waals surface area contributed by atoms with Gasteiger partial charge < -0.3 is 5.32 Å². The molecule has 1 aromatic heterocycles. The number of nitrogens with one attached hydrogen (secondary N) is 1. The molecule has 1 spiro atoms. The van der Waals surface area contributed by atoms with Gasteiger partial charge in [0.25, 0.3) is 0 Å². The van der Waals surface area contributed by atoms with Gasteiger partial charge in [0, 0.05) is 18.5 Å². The summed E-state index contributed by atoms with van der Waals surface area (Å²) in [5.41, 5.74) is 3.81. The van der Waals surface area contributed by atoms with Crippen molar-refractivity contribution < 1.29 is 0 Å². The van der Waals surface area contributed by atoms with Crippen LogP contribution in [0.2, 0.25) is 0 Å². The van der Waals surface area contributed by atoms with Gasteiger partial charge in [-0.15, -0.1) is 11.3 Å². The second kappa shape index (κ2) is 4.43. The number of aromatic nitrogens is 1. The third-order valence-electron chi connectivity index (χ3n) is 4.05. The van der Waals surface area contributed by atoms with Crippen molar-refractivity contribution >= 4 is 11.3 Å². The molecule has 0 aromatic carbocycles. The predicted octanol–water partition coefficient (Wildman–Crippen LogP) is 1.72. The smallest absolute Gasteiger partial charge is 0.0795 e. The number of thiazole rings is 1. The molecule has 0 saturated carbocycles. The van der Waals surface area contributed by atoms with Gasteiger partial charge in [0.2, 0.25) is 0 Å². The van der Waals surface area contributed by atoms with E-state index < -0.39 is 0 Å². The maximum absolute atomic E-state index is 4.38. The van der Waals surface area contributed by atoms with Gasteiger partial charge in [-0.25, -0.2) is 4.98 Å². The van der Waals surface area contributed by atoms with Crippen molar-refractivity contribution in [2.45, 2.75) is 25.8 Å². The van der Waals surface area contributed by atoms with E-state index in [1.54, 1.807) is 11.3 Å². The zero-order valence-corrected chi connectivity index (χ0v) is 10.4. The molecule has 3 rings (SSSR count). The highest BCUT2D eigenvalue weighted by Crippen LogP contribution is 2.38. The normalized spacial score (nSPS) is 25.2. The van der Waals surface area contributed by atoms with Gasteiger partial charge in [-0.1, -0.05) is 0 Å². The molecule has 0 radical (unpaired) electrons. The summed E-state index contributed by atoms with van der Waals surface area (Å²) in [6, 6.07) is 0. The molecule has 3 heterocycles. The Labute approximate surface area is 101 Å². The molecule has 1 aromatic rings. The monoisotopic (exact) mass is 237 g/mol. The van der Waals surface area contributed by atoms with Crippen LogP contribution in [0.3, 0.4) is 0 Å². The minimum atomic E-state index is 0.626. The van der Waals surface area contributed by atoms with Gasteiger partial charge in [-0.3, -0.25) is 4.90 Å². The molecule has 2 saturated heterocycles. The van der Waals surface area contributed by atoms with Crippen molar-refractivity contribution in [3.05, 3.63) is 16.6 Å². The molecule has 0 amide bonds. The first-order chi connectivity index (χ1) is 7.86. The van der Waals surface area contributed by atoms with Crippen molar-refractivity contribution in [1.82, 2.24) is 15.2 Å². The second-order valence-electron chi connectivity index (χ2n) is 5.19. The maximum Gasteiger partial charge on any atom is 0.0795 e. The van der Waals surface area contributed by atoms with Crippen molar-refractivity contribution in [2.24, 2.45) is 5.41 Å². The summed E-state index contributed by atoms with van der Waals surface area (Å²) in [6.07, 6.45) is 4.11. The Morgan fingerprint density at radius 1 is 1.38 bits per heavy atom. The molecule has 2 aliphatic heterocycles. The Morgan fingerprint density at radius 3 is 3.00 bits per heavy atom. The minimum absolute atomic E-state index is 0.626. The van der Waals surface area contributed by atoms with Crippen LogP contribution in [-0.2, 0) is 6.54 Å². The number of rotatable bonds is 2. The number of nitrogens with zero attached hydrogens (tertiary/aromatic N) is 2. The zero-order chi connectivity index (χ0) is 10.8. The fraction of sp³-hybridized carbons (Fsp3) is 0.750. The lowest BCUT2D eigenvalue weighted by molar-refractivity contribution is 0.193. The first-order valence-electron chi connectivity index (χ1n) is 6.17. The Bertz CT molecular complexity index is 330. The molecule has 88 valence electrons. The molecule has 0 atom stereocenters. The first kappa shape index (κ1) is 10.7. The molecule has 4 heteroatoms. The van der Waals surface area contributed by atoms with Gasteiger partial charge in [0.15, 0.2) is 0 Å². The van der Waals surface area contributed by atoms with Crippen molar-refractivity contribution in [1.29, 1.82) is 0 Å². The molecule has 3 nitrogen and oxygen atoms in total. The Hall–Kier alpha value is -0.450. The lowest BCUT2D eigenvalue weighted by atomic mass is 9.78. The number of hydrogen-bond acceptors (Lipinski definition) is 4. The highest BCUT2D eigenvalue weighted by molar-refractivity contribution is 7.07. The third-order valence-corrected chi connectivity index (χ3v) is 4.69. The quantitative estimate of drug-likeness (QED) is 0.849. The second-order valence-corrected chi connectivity index (χ2v) is 5.91. The molecule has 16 heavy (non-hydrogen) atoms. The molecule has 1 N–H and O–H groups in total. The SMILES string of the molecule is c1nc(CN2CCC3(CCNCC3)C2)cs1. The Kier molecular flexibility index (Phi) is 2.96. The minimum Gasteiger partial charge on any atom is -0.317 e. The van der Waals surface area contributed by atoms with Crippen LogP contribution in [0.15, 0.2) is 10.9 Å². The van der Waals surface area contributed by atoms with Crippen LogP contribution < -0.4 is 5.32 Å². The van der Waals surface area contributed by atoms with E-state index in [1.807, 2.05) is 5.51 Å². The average Bonchev–Trinajstić information content (AvgIpc) is 2.92. The van der Waals surface area contributed by atoms with Crippen molar-refractivity contribution in [3.8, 4) is 0 Å². The average molecular weight is 237 g/mol. The first-order valence-corrected chi connectivity index (χ1v) is 7.11. The van der Waals surface area contributed by atoms with Crippen LogP contribution in [0.1, 0.15) is 25.0 Å². The van der Waals surface area contributed by atoms with Gasteiger partial charge in [0.1, 0.15) is 0 Å². The van der Waals surface area contributed by atoms with Crippen LogP contribution in [0.5, 0.6) is 0 Å². The number of piperidine rings is 1. The van der Waals surface area contributed by atoms with E-state index in [9.17, 15) is 0 Å². The van der Waals surface area contributed by atoms with E-state index in [-0.39, 0.29) is 0 Å². The molecule has 0 aliphatic carbocycles. The highest BCUT2D eigenvalue weighted by atomic mass is 32.1. The van der Waals surface area contributed by atoms with E-state index in [0.29, 0.717) is 5.41 Å². The van der Waals surface area contributed by atoms with Crippen molar-refractivity contribution in [2.75, 3.05) is 26.2 Å². The molecule has 0 bridgehead atoms. The lowest BCUT2D eigenvalue weighted by Gasteiger charge is -2.33. The highest BCUT2D eigenvalue weighted by Gasteiger charge is 2.38. The summed E-state index contributed by atoms with van der Waals surface area (Å²) >= 11 is 1.70. The fourth-order valence-corrected chi connectivity index (χ4v) is 3.62. The van der Waals surface area contributed by atoms with E-state index >= 15 is 0 Å². The molecule has 2 aliphatic rings. The Balaban J connectivity index is 1.60. The van der Waals surface area contributed by atoms with Gasteiger partial charge in [0.05, 0.1) is 11.2 Å². The van der Waals surface area contributed by atoms with Crippen LogP contribution in [-0.4, -0.2) is 36.1 Å². The van der Waals surface area contributed by atoms with E-state index in [1.165, 1.54) is 51.1 Å². The van der Waals surface area contributed by atoms with Crippen LogP contribution in [0, 0.1) is 5.41 Å². The van der Waals surface area contributed by atoms with Gasteiger partial charge >= 0.3 is 0 Å². The number of hydrogen-bond donors (Lipinski definition) is 1. The van der Waals surface area contributed by atoms with Crippen LogP contribution in [0.25, 0.3) is 0 Å². The van der Waals surface area contributed by atoms with E-state index in [4.69, 9.17) is 0 Å². The summed E-state index contributed by atoms with van der Waals surface area (Å²) in [5, 5.41) is 5.64. The summed E-state index contributed by atoms with van der Waals surface area (Å²) < 4.78 is 0. The van der Waals surface area contributed by atoms with Crippen LogP contribution in [0.4, 0.5) is 0 Å². The van der Waals surface area contributed by atoms with E-state index in [2.05, 4.69) is 20.6 Å². The van der Waals surface area contributed by atoms with Gasteiger partial charge in [-0.05, 0) is 44.3 Å². The zero-order valence-electron chi connectivity index (χ0n) is 9.61. The van der Waals surface area contributed by atoms with Gasteiger partial charge in [-0.2, -0.15) is 0 Å². The summed E-state index contributed by atoms with van der Waals surface area (Å²) in [7, 11) is 0. The largest absolute Gasteiger partial charge is 0.317 e. The van der Waals surface area contributed by atoms with Crippen molar-refractivity contribution in [3.63, 3.8) is 0 Å². The topological polar surface area (TPSA) is 28.2 Å². The van der Waals surface area contributed by atoms with Crippen LogP contribution >= 0.6 is 11.3 Å². The lowest BCUT2D eigenvalue weighted by Crippen LogP contribution is -2.38.